The number of nitrogens with one attached hydrogen (secondary N) is 2. The van der Waals surface area contributed by atoms with E-state index in [0.717, 1.165) is 42.0 Å². The van der Waals surface area contributed by atoms with Gasteiger partial charge in [-0.3, -0.25) is 0 Å². The average molecular weight is 473 g/mol. The minimum atomic E-state index is -4.44. The largest absolute Gasteiger partial charge is 0.416 e. The van der Waals surface area contributed by atoms with Gasteiger partial charge in [0.2, 0.25) is 0 Å². The predicted molar refractivity (Wildman–Crippen MR) is 132 cm³/mol. The van der Waals surface area contributed by atoms with Crippen molar-refractivity contribution in [2.75, 3.05) is 28.6 Å². The molecule has 2 rings (SSSR count). The van der Waals surface area contributed by atoms with Gasteiger partial charge in [0.15, 0.2) is 0 Å². The summed E-state index contributed by atoms with van der Waals surface area (Å²) in [5, 5.41) is 14.4. The summed E-state index contributed by atoms with van der Waals surface area (Å²) in [7, 11) is 0. The molecule has 0 atom stereocenters. The SMILES string of the molecule is C/C(=C\C#N)c1ccc(N(CC(C)C)CC(C)C)c(NC(=O)Nc2ccc(C(F)(F)F)cc2)c1. The quantitative estimate of drug-likeness (QED) is 0.394. The van der Waals surface area contributed by atoms with Crippen LogP contribution in [0.3, 0.4) is 0 Å². The zero-order valence-electron chi connectivity index (χ0n) is 20.1. The van der Waals surface area contributed by atoms with E-state index in [9.17, 15) is 18.0 Å². The Labute approximate surface area is 199 Å². The van der Waals surface area contributed by atoms with Gasteiger partial charge in [-0.2, -0.15) is 18.4 Å². The Morgan fingerprint density at radius 1 is 1.03 bits per heavy atom. The van der Waals surface area contributed by atoms with Gasteiger partial charge in [0, 0.05) is 24.9 Å². The van der Waals surface area contributed by atoms with Crippen molar-refractivity contribution in [3.63, 3.8) is 0 Å². The first-order valence-electron chi connectivity index (χ1n) is 11.1. The van der Waals surface area contributed by atoms with E-state index in [1.54, 1.807) is 6.07 Å². The van der Waals surface area contributed by atoms with E-state index in [1.165, 1.54) is 18.2 Å². The van der Waals surface area contributed by atoms with Crippen molar-refractivity contribution in [1.29, 1.82) is 5.26 Å². The number of halogens is 3. The average Bonchev–Trinajstić information content (AvgIpc) is 2.72. The first kappa shape index (κ1) is 26.8. The predicted octanol–water partition coefficient (Wildman–Crippen LogP) is 7.39. The molecule has 0 aromatic heterocycles. The second-order valence-electron chi connectivity index (χ2n) is 9.04. The number of carbonyl (C=O) groups excluding carboxylic acids is 1. The van der Waals surface area contributed by atoms with Gasteiger partial charge in [0.25, 0.3) is 0 Å². The van der Waals surface area contributed by atoms with Gasteiger partial charge in [-0.15, -0.1) is 0 Å². The monoisotopic (exact) mass is 472 g/mol. The molecule has 0 aliphatic heterocycles. The normalized spacial score (nSPS) is 12.0. The van der Waals surface area contributed by atoms with Crippen molar-refractivity contribution in [3.05, 3.63) is 59.7 Å². The van der Waals surface area contributed by atoms with Crippen LogP contribution in [-0.2, 0) is 6.18 Å². The summed E-state index contributed by atoms with van der Waals surface area (Å²) in [6.45, 7) is 11.8. The molecule has 0 aliphatic carbocycles. The summed E-state index contributed by atoms with van der Waals surface area (Å²) in [4.78, 5) is 15.0. The third-order valence-corrected chi connectivity index (χ3v) is 4.96. The van der Waals surface area contributed by atoms with Crippen LogP contribution in [-0.4, -0.2) is 19.1 Å². The second kappa shape index (κ2) is 11.6. The Balaban J connectivity index is 2.37. The van der Waals surface area contributed by atoms with E-state index in [4.69, 9.17) is 5.26 Å². The van der Waals surface area contributed by atoms with Crippen molar-refractivity contribution in [2.45, 2.75) is 40.8 Å². The highest BCUT2D eigenvalue weighted by molar-refractivity contribution is 6.02. The number of allylic oxidation sites excluding steroid dienone is 2. The molecule has 0 fully saturated rings. The Bertz CT molecular complexity index is 1040. The second-order valence-corrected chi connectivity index (χ2v) is 9.04. The van der Waals surface area contributed by atoms with Gasteiger partial charge >= 0.3 is 12.2 Å². The molecule has 0 saturated heterocycles. The van der Waals surface area contributed by atoms with Gasteiger partial charge in [-0.25, -0.2) is 4.79 Å². The number of alkyl halides is 3. The molecule has 34 heavy (non-hydrogen) atoms. The number of urea groups is 1. The highest BCUT2D eigenvalue weighted by Gasteiger charge is 2.30. The number of hydrogen-bond acceptors (Lipinski definition) is 3. The number of nitrogens with zero attached hydrogens (tertiary/aromatic N) is 2. The Morgan fingerprint density at radius 2 is 1.62 bits per heavy atom. The van der Waals surface area contributed by atoms with Crippen molar-refractivity contribution in [2.24, 2.45) is 11.8 Å². The molecule has 0 bridgehead atoms. The van der Waals surface area contributed by atoms with E-state index in [2.05, 4.69) is 43.2 Å². The highest BCUT2D eigenvalue weighted by atomic mass is 19.4. The molecule has 2 N–H and O–H groups in total. The molecule has 182 valence electrons. The van der Waals surface area contributed by atoms with Crippen LogP contribution in [0.2, 0.25) is 0 Å². The van der Waals surface area contributed by atoms with Gasteiger partial charge in [-0.05, 0) is 66.3 Å². The van der Waals surface area contributed by atoms with Gasteiger partial charge in [0.05, 0.1) is 23.0 Å². The third-order valence-electron chi connectivity index (χ3n) is 4.96. The van der Waals surface area contributed by atoms with Gasteiger partial charge in [-0.1, -0.05) is 33.8 Å². The fourth-order valence-electron chi connectivity index (χ4n) is 3.52. The van der Waals surface area contributed by atoms with Gasteiger partial charge in [0.1, 0.15) is 0 Å². The summed E-state index contributed by atoms with van der Waals surface area (Å²) in [6.07, 6.45) is -3.01. The highest BCUT2D eigenvalue weighted by Crippen LogP contribution is 2.32. The maximum Gasteiger partial charge on any atom is 0.416 e. The molecule has 0 saturated carbocycles. The lowest BCUT2D eigenvalue weighted by molar-refractivity contribution is -0.137. The fourth-order valence-corrected chi connectivity index (χ4v) is 3.52. The molecule has 8 heteroatoms. The molecular formula is C26H31F3N4O. The Morgan fingerprint density at radius 3 is 2.12 bits per heavy atom. The third kappa shape index (κ3) is 7.84. The van der Waals surface area contributed by atoms with E-state index >= 15 is 0 Å². The zero-order chi connectivity index (χ0) is 25.5. The van der Waals surface area contributed by atoms with Crippen LogP contribution in [0.15, 0.2) is 48.5 Å². The van der Waals surface area contributed by atoms with Crippen molar-refractivity contribution >= 4 is 28.7 Å². The lowest BCUT2D eigenvalue weighted by atomic mass is 10.0. The van der Waals surface area contributed by atoms with E-state index in [0.29, 0.717) is 17.5 Å². The smallest absolute Gasteiger partial charge is 0.369 e. The summed E-state index contributed by atoms with van der Waals surface area (Å²) in [5.41, 5.74) is 2.37. The van der Waals surface area contributed by atoms with E-state index in [1.807, 2.05) is 25.1 Å². The van der Waals surface area contributed by atoms with E-state index < -0.39 is 17.8 Å². The number of benzene rings is 2. The van der Waals surface area contributed by atoms with E-state index in [-0.39, 0.29) is 5.69 Å². The molecule has 0 heterocycles. The van der Waals surface area contributed by atoms with Crippen LogP contribution in [0.25, 0.3) is 5.57 Å². The molecule has 2 aromatic rings. The summed E-state index contributed by atoms with van der Waals surface area (Å²) >= 11 is 0. The molecule has 0 unspecified atom stereocenters. The number of anilines is 3. The zero-order valence-corrected chi connectivity index (χ0v) is 20.1. The van der Waals surface area contributed by atoms with Crippen LogP contribution in [0.4, 0.5) is 35.0 Å². The van der Waals surface area contributed by atoms with Gasteiger partial charge < -0.3 is 15.5 Å². The minimum absolute atomic E-state index is 0.241. The standard InChI is InChI=1S/C26H31F3N4O/c1-17(2)15-33(16-18(3)4)24-11-6-20(19(5)12-13-30)14-23(24)32-25(34)31-22-9-7-21(8-10-22)26(27,28)29/h6-12,14,17-18H,15-16H2,1-5H3,(H2,31,32,34)/b19-12+. The maximum atomic E-state index is 12.8. The summed E-state index contributed by atoms with van der Waals surface area (Å²) in [6, 6.07) is 11.3. The van der Waals surface area contributed by atoms with Crippen LogP contribution in [0, 0.1) is 23.2 Å². The molecule has 2 amide bonds. The lowest BCUT2D eigenvalue weighted by Gasteiger charge is -2.30. The lowest BCUT2D eigenvalue weighted by Crippen LogP contribution is -2.32. The maximum absolute atomic E-state index is 12.8. The van der Waals surface area contributed by atoms with Crippen molar-refractivity contribution in [1.82, 2.24) is 0 Å². The molecule has 0 spiro atoms. The number of rotatable bonds is 8. The first-order valence-corrected chi connectivity index (χ1v) is 11.1. The van der Waals surface area contributed by atoms with Crippen molar-refractivity contribution in [3.8, 4) is 6.07 Å². The summed E-state index contributed by atoms with van der Waals surface area (Å²) in [5.74, 6) is 0.764. The molecule has 2 aromatic carbocycles. The van der Waals surface area contributed by atoms with Crippen LogP contribution >= 0.6 is 0 Å². The van der Waals surface area contributed by atoms with Crippen molar-refractivity contribution < 1.29 is 18.0 Å². The van der Waals surface area contributed by atoms with Crippen LogP contribution in [0.5, 0.6) is 0 Å². The Hall–Kier alpha value is -3.47. The first-order chi connectivity index (χ1) is 15.9. The number of nitriles is 1. The molecule has 5 nitrogen and oxygen atoms in total. The van der Waals surface area contributed by atoms with Crippen LogP contribution in [0.1, 0.15) is 45.7 Å². The number of carbonyl (C=O) groups is 1. The molecule has 0 radical (unpaired) electrons. The molecular weight excluding hydrogens is 441 g/mol. The topological polar surface area (TPSA) is 68.2 Å². The summed E-state index contributed by atoms with van der Waals surface area (Å²) < 4.78 is 38.4. The number of hydrogen-bond donors (Lipinski definition) is 2. The molecule has 0 aliphatic rings. The minimum Gasteiger partial charge on any atom is -0.369 e. The Kier molecular flexibility index (Phi) is 9.13. The number of amides is 2. The fraction of sp³-hybridized carbons (Fsp3) is 0.385. The van der Waals surface area contributed by atoms with Crippen LogP contribution < -0.4 is 15.5 Å².